The third-order valence-corrected chi connectivity index (χ3v) is 13.4. The SMILES string of the molecule is CCCC(C)C1(CCCOc2ccc(C(=O)O[C@@H](C(=O)OCC)[C@@H](OC(=O)c3ccc(OCCCC4(C(C)CCC)CCCCC4)cc3)C(=O)OCC)cc2)CCCCC1. The summed E-state index contributed by atoms with van der Waals surface area (Å²) in [4.78, 5) is 53.3. The zero-order valence-corrected chi connectivity index (χ0v) is 37.6. The van der Waals surface area contributed by atoms with Crippen LogP contribution < -0.4 is 9.47 Å². The molecule has 0 N–H and O–H groups in total. The molecule has 0 aromatic heterocycles. The Morgan fingerprint density at radius 1 is 0.533 bits per heavy atom. The van der Waals surface area contributed by atoms with Crippen LogP contribution in [-0.4, -0.2) is 62.5 Å². The maximum atomic E-state index is 13.4. The monoisotopic (exact) mass is 835 g/mol. The van der Waals surface area contributed by atoms with Crippen molar-refractivity contribution in [1.82, 2.24) is 0 Å². The third-order valence-electron chi connectivity index (χ3n) is 13.4. The van der Waals surface area contributed by atoms with Crippen molar-refractivity contribution in [3.8, 4) is 11.5 Å². The fourth-order valence-electron chi connectivity index (χ4n) is 9.85. The van der Waals surface area contributed by atoms with E-state index in [-0.39, 0.29) is 24.3 Å². The zero-order chi connectivity index (χ0) is 43.4. The molecule has 60 heavy (non-hydrogen) atoms. The first-order valence-electron chi connectivity index (χ1n) is 23.2. The summed E-state index contributed by atoms with van der Waals surface area (Å²) < 4.78 is 33.6. The fourth-order valence-corrected chi connectivity index (χ4v) is 9.85. The minimum Gasteiger partial charge on any atom is -0.494 e. The van der Waals surface area contributed by atoms with Crippen LogP contribution in [0.4, 0.5) is 0 Å². The van der Waals surface area contributed by atoms with Gasteiger partial charge in [-0.2, -0.15) is 0 Å². The number of esters is 4. The Morgan fingerprint density at radius 2 is 0.883 bits per heavy atom. The molecule has 4 atom stereocenters. The summed E-state index contributed by atoms with van der Waals surface area (Å²) in [5.41, 5.74) is 1.00. The van der Waals surface area contributed by atoms with E-state index < -0.39 is 36.1 Å². The van der Waals surface area contributed by atoms with E-state index in [0.717, 1.165) is 25.7 Å². The second-order valence-electron chi connectivity index (χ2n) is 17.3. The quantitative estimate of drug-likeness (QED) is 0.0542. The molecule has 2 aromatic carbocycles. The lowest BCUT2D eigenvalue weighted by molar-refractivity contribution is -0.173. The number of rotatable bonds is 25. The van der Waals surface area contributed by atoms with Crippen LogP contribution in [-0.2, 0) is 28.5 Å². The highest BCUT2D eigenvalue weighted by Crippen LogP contribution is 2.49. The molecule has 10 nitrogen and oxygen atoms in total. The van der Waals surface area contributed by atoms with Crippen LogP contribution in [0.1, 0.15) is 178 Å². The van der Waals surface area contributed by atoms with E-state index in [9.17, 15) is 19.2 Å². The van der Waals surface area contributed by atoms with Gasteiger partial charge in [-0.3, -0.25) is 0 Å². The molecule has 0 amide bonds. The van der Waals surface area contributed by atoms with Crippen LogP contribution in [0.2, 0.25) is 0 Å². The van der Waals surface area contributed by atoms with Crippen LogP contribution in [0, 0.1) is 22.7 Å². The summed E-state index contributed by atoms with van der Waals surface area (Å²) in [7, 11) is 0. The maximum absolute atomic E-state index is 13.4. The van der Waals surface area contributed by atoms with Gasteiger partial charge >= 0.3 is 23.9 Å². The van der Waals surface area contributed by atoms with E-state index in [1.54, 1.807) is 38.1 Å². The molecular weight excluding hydrogens is 761 g/mol. The normalized spacial score (nSPS) is 17.9. The lowest BCUT2D eigenvalue weighted by atomic mass is 9.63. The number of hydrogen-bond acceptors (Lipinski definition) is 10. The summed E-state index contributed by atoms with van der Waals surface area (Å²) in [5, 5.41) is 0. The maximum Gasteiger partial charge on any atom is 0.352 e. The van der Waals surface area contributed by atoms with Gasteiger partial charge in [-0.1, -0.05) is 91.9 Å². The molecule has 2 fully saturated rings. The van der Waals surface area contributed by atoms with Gasteiger partial charge in [-0.15, -0.1) is 0 Å². The number of carbonyl (C=O) groups excluding carboxylic acids is 4. The highest BCUT2D eigenvalue weighted by Gasteiger charge is 2.43. The van der Waals surface area contributed by atoms with Crippen molar-refractivity contribution in [2.45, 2.75) is 169 Å². The summed E-state index contributed by atoms with van der Waals surface area (Å²) in [6, 6.07) is 12.8. The van der Waals surface area contributed by atoms with Gasteiger partial charge in [-0.05, 0) is 136 Å². The smallest absolute Gasteiger partial charge is 0.352 e. The summed E-state index contributed by atoms with van der Waals surface area (Å²) >= 11 is 0. The largest absolute Gasteiger partial charge is 0.494 e. The Bertz CT molecular complexity index is 1470. The van der Waals surface area contributed by atoms with Gasteiger partial charge in [0.1, 0.15) is 11.5 Å². The average Bonchev–Trinajstić information content (AvgIpc) is 3.26. The topological polar surface area (TPSA) is 124 Å². The molecule has 334 valence electrons. The van der Waals surface area contributed by atoms with Gasteiger partial charge < -0.3 is 28.4 Å². The molecule has 2 unspecified atom stereocenters. The highest BCUT2D eigenvalue weighted by molar-refractivity contribution is 5.96. The molecule has 2 aliphatic rings. The molecule has 4 rings (SSSR count). The van der Waals surface area contributed by atoms with Gasteiger partial charge in [0.2, 0.25) is 12.2 Å². The lowest BCUT2D eigenvalue weighted by Crippen LogP contribution is -2.47. The number of hydrogen-bond donors (Lipinski definition) is 0. The molecule has 0 heterocycles. The Kier molecular flexibility index (Phi) is 20.2. The minimum absolute atomic E-state index is 0.0682. The Balaban J connectivity index is 1.35. The van der Waals surface area contributed by atoms with E-state index in [2.05, 4.69) is 27.7 Å². The van der Waals surface area contributed by atoms with Crippen molar-refractivity contribution >= 4 is 23.9 Å². The second kappa shape index (κ2) is 25.0. The van der Waals surface area contributed by atoms with Crippen molar-refractivity contribution in [3.63, 3.8) is 0 Å². The molecule has 2 saturated carbocycles. The molecule has 0 radical (unpaired) electrons. The van der Waals surface area contributed by atoms with Crippen molar-refractivity contribution in [3.05, 3.63) is 59.7 Å². The van der Waals surface area contributed by atoms with Gasteiger partial charge in [-0.25, -0.2) is 19.2 Å². The minimum atomic E-state index is -1.92. The predicted octanol–water partition coefficient (Wildman–Crippen LogP) is 11.7. The summed E-state index contributed by atoms with van der Waals surface area (Å²) in [5.74, 6) is -1.33. The van der Waals surface area contributed by atoms with Crippen molar-refractivity contribution < 1.29 is 47.6 Å². The average molecular weight is 835 g/mol. The summed E-state index contributed by atoms with van der Waals surface area (Å²) in [6.45, 7) is 13.5. The van der Waals surface area contributed by atoms with Gasteiger partial charge in [0.25, 0.3) is 0 Å². The van der Waals surface area contributed by atoms with Gasteiger partial charge in [0.15, 0.2) is 0 Å². The fraction of sp³-hybridized carbons (Fsp3) is 0.680. The van der Waals surface area contributed by atoms with Crippen molar-refractivity contribution in [2.24, 2.45) is 22.7 Å². The first-order valence-corrected chi connectivity index (χ1v) is 23.2. The zero-order valence-electron chi connectivity index (χ0n) is 37.6. The molecule has 10 heteroatoms. The van der Waals surface area contributed by atoms with E-state index in [0.29, 0.717) is 47.4 Å². The molecule has 0 aliphatic heterocycles. The van der Waals surface area contributed by atoms with Crippen LogP contribution in [0.15, 0.2) is 48.5 Å². The molecular formula is C50H74O10. The molecule has 2 aliphatic carbocycles. The number of carbonyl (C=O) groups is 4. The van der Waals surface area contributed by atoms with Crippen LogP contribution >= 0.6 is 0 Å². The molecule has 0 saturated heterocycles. The Hall–Kier alpha value is -4.08. The Labute approximate surface area is 360 Å². The van der Waals surface area contributed by atoms with Crippen LogP contribution in [0.5, 0.6) is 11.5 Å². The van der Waals surface area contributed by atoms with Crippen molar-refractivity contribution in [2.75, 3.05) is 26.4 Å². The van der Waals surface area contributed by atoms with E-state index >= 15 is 0 Å². The molecule has 2 aromatic rings. The molecule has 0 bridgehead atoms. The van der Waals surface area contributed by atoms with E-state index in [1.165, 1.54) is 114 Å². The standard InChI is InChI=1S/C50H74O10/c1-7-19-37(5)49(29-13-11-14-30-49)33-17-35-57-41-25-21-39(22-26-41)45(51)59-43(47(53)55-9-3)44(48(54)56-10-4)60-46(52)40-23-27-42(28-24-40)58-36-18-34-50(38(6)20-8-2)31-15-12-16-32-50/h21-28,37-38,43-44H,7-20,29-36H2,1-6H3/t37?,38?,43-,44-/m1/s1. The van der Waals surface area contributed by atoms with Crippen LogP contribution in [0.3, 0.4) is 0 Å². The second-order valence-corrected chi connectivity index (χ2v) is 17.3. The van der Waals surface area contributed by atoms with Gasteiger partial charge in [0.05, 0.1) is 37.6 Å². The summed E-state index contributed by atoms with van der Waals surface area (Å²) in [6.07, 6.45) is 18.2. The van der Waals surface area contributed by atoms with E-state index in [1.807, 2.05) is 0 Å². The van der Waals surface area contributed by atoms with E-state index in [4.69, 9.17) is 28.4 Å². The third kappa shape index (κ3) is 14.0. The highest BCUT2D eigenvalue weighted by atomic mass is 16.6. The molecule has 0 spiro atoms. The van der Waals surface area contributed by atoms with Gasteiger partial charge in [0, 0.05) is 0 Å². The Morgan fingerprint density at radius 3 is 1.20 bits per heavy atom. The van der Waals surface area contributed by atoms with Crippen molar-refractivity contribution in [1.29, 1.82) is 0 Å². The number of ether oxygens (including phenoxy) is 6. The first kappa shape index (κ1) is 48.6. The lowest BCUT2D eigenvalue weighted by Gasteiger charge is -2.43. The predicted molar refractivity (Wildman–Crippen MR) is 233 cm³/mol. The van der Waals surface area contributed by atoms with Crippen LogP contribution in [0.25, 0.3) is 0 Å². The first-order chi connectivity index (χ1) is 29.0. The number of benzene rings is 2.